The number of urea groups is 1. The van der Waals surface area contributed by atoms with Gasteiger partial charge in [0.15, 0.2) is 0 Å². The first kappa shape index (κ1) is 17.2. The summed E-state index contributed by atoms with van der Waals surface area (Å²) in [6.45, 7) is 1.91. The van der Waals surface area contributed by atoms with Crippen molar-refractivity contribution >= 4 is 27.6 Å². The largest absolute Gasteiger partial charge is 0.385 e. The summed E-state index contributed by atoms with van der Waals surface area (Å²) in [5, 5.41) is 14.8. The number of carbonyl (C=O) groups is 1. The van der Waals surface area contributed by atoms with E-state index < -0.39 is 0 Å². The van der Waals surface area contributed by atoms with Crippen LogP contribution < -0.4 is 15.5 Å². The summed E-state index contributed by atoms with van der Waals surface area (Å²) in [7, 11) is 3.58. The van der Waals surface area contributed by atoms with Crippen molar-refractivity contribution in [3.8, 4) is 0 Å². The van der Waals surface area contributed by atoms with Crippen molar-refractivity contribution in [1.82, 2.24) is 15.5 Å². The molecule has 7 nitrogen and oxygen atoms in total. The van der Waals surface area contributed by atoms with E-state index in [4.69, 9.17) is 4.74 Å². The van der Waals surface area contributed by atoms with Gasteiger partial charge < -0.3 is 15.0 Å². The lowest BCUT2D eigenvalue weighted by Gasteiger charge is -2.14. The van der Waals surface area contributed by atoms with Crippen LogP contribution in [0.5, 0.6) is 0 Å². The third kappa shape index (κ3) is 5.84. The molecule has 0 spiro atoms. The Morgan fingerprint density at radius 3 is 2.83 bits per heavy atom. The summed E-state index contributed by atoms with van der Waals surface area (Å²) in [5.74, 6) is 0. The standard InChI is InChI=1S/C15H21N5O2S/c1-20(11-12-7-4-3-5-8-12)15-19-18-14(23-15)17-13(21)16-9-6-10-22-2/h3-5,7-8H,6,9-11H2,1-2H3,(H2,16,17,18,21). The molecule has 1 aromatic carbocycles. The van der Waals surface area contributed by atoms with Gasteiger partial charge in [0.05, 0.1) is 0 Å². The highest BCUT2D eigenvalue weighted by molar-refractivity contribution is 7.19. The lowest BCUT2D eigenvalue weighted by atomic mass is 10.2. The number of carbonyl (C=O) groups excluding carboxylic acids is 1. The minimum Gasteiger partial charge on any atom is -0.385 e. The van der Waals surface area contributed by atoms with Gasteiger partial charge in [0.1, 0.15) is 0 Å². The molecule has 0 unspecified atom stereocenters. The minimum atomic E-state index is -0.283. The van der Waals surface area contributed by atoms with Crippen LogP contribution in [0.2, 0.25) is 0 Å². The Balaban J connectivity index is 1.81. The van der Waals surface area contributed by atoms with E-state index in [-0.39, 0.29) is 6.03 Å². The summed E-state index contributed by atoms with van der Waals surface area (Å²) in [5.41, 5.74) is 1.19. The second-order valence-corrected chi connectivity index (χ2v) is 5.91. The van der Waals surface area contributed by atoms with Crippen LogP contribution in [0.4, 0.5) is 15.1 Å². The molecule has 0 bridgehead atoms. The first-order valence-corrected chi connectivity index (χ1v) is 8.13. The van der Waals surface area contributed by atoms with Crippen molar-refractivity contribution < 1.29 is 9.53 Å². The second kappa shape index (κ2) is 9.06. The molecule has 0 saturated heterocycles. The number of hydrogen-bond acceptors (Lipinski definition) is 6. The van der Waals surface area contributed by atoms with E-state index >= 15 is 0 Å². The van der Waals surface area contributed by atoms with Crippen molar-refractivity contribution in [2.45, 2.75) is 13.0 Å². The third-order valence-electron chi connectivity index (χ3n) is 3.03. The van der Waals surface area contributed by atoms with Gasteiger partial charge in [0, 0.05) is 33.9 Å². The fourth-order valence-electron chi connectivity index (χ4n) is 1.90. The number of nitrogens with one attached hydrogen (secondary N) is 2. The number of benzene rings is 1. The van der Waals surface area contributed by atoms with Gasteiger partial charge in [-0.25, -0.2) is 4.79 Å². The fourth-order valence-corrected chi connectivity index (χ4v) is 2.61. The van der Waals surface area contributed by atoms with Crippen LogP contribution in [0.15, 0.2) is 30.3 Å². The number of amides is 2. The Morgan fingerprint density at radius 1 is 1.30 bits per heavy atom. The number of nitrogens with zero attached hydrogens (tertiary/aromatic N) is 3. The SMILES string of the molecule is COCCCNC(=O)Nc1nnc(N(C)Cc2ccccc2)s1. The van der Waals surface area contributed by atoms with Crippen LogP contribution in [0, 0.1) is 0 Å². The summed E-state index contributed by atoms with van der Waals surface area (Å²) in [6.07, 6.45) is 0.769. The molecule has 124 valence electrons. The first-order valence-electron chi connectivity index (χ1n) is 7.31. The molecular formula is C15H21N5O2S. The van der Waals surface area contributed by atoms with E-state index in [0.29, 0.717) is 18.3 Å². The Kier molecular flexibility index (Phi) is 6.76. The van der Waals surface area contributed by atoms with Crippen LogP contribution >= 0.6 is 11.3 Å². The third-order valence-corrected chi connectivity index (χ3v) is 3.99. The van der Waals surface area contributed by atoms with E-state index in [1.165, 1.54) is 16.9 Å². The molecule has 2 N–H and O–H groups in total. The van der Waals surface area contributed by atoms with Crippen LogP contribution in [-0.2, 0) is 11.3 Å². The zero-order chi connectivity index (χ0) is 16.5. The molecular weight excluding hydrogens is 314 g/mol. The Morgan fingerprint density at radius 2 is 2.09 bits per heavy atom. The maximum absolute atomic E-state index is 11.7. The van der Waals surface area contributed by atoms with Crippen molar-refractivity contribution in [2.24, 2.45) is 0 Å². The molecule has 2 rings (SSSR count). The smallest absolute Gasteiger partial charge is 0.321 e. The minimum absolute atomic E-state index is 0.283. The Bertz CT molecular complexity index is 605. The normalized spacial score (nSPS) is 10.3. The molecule has 0 saturated carbocycles. The number of hydrogen-bond donors (Lipinski definition) is 2. The quantitative estimate of drug-likeness (QED) is 0.724. The Labute approximate surface area is 139 Å². The van der Waals surface area contributed by atoms with Crippen LogP contribution in [-0.4, -0.2) is 43.5 Å². The van der Waals surface area contributed by atoms with Crippen molar-refractivity contribution in [3.05, 3.63) is 35.9 Å². The van der Waals surface area contributed by atoms with Crippen LogP contribution in [0.3, 0.4) is 0 Å². The number of aromatic nitrogens is 2. The van der Waals surface area contributed by atoms with E-state index in [1.54, 1.807) is 7.11 Å². The fraction of sp³-hybridized carbons (Fsp3) is 0.400. The monoisotopic (exact) mass is 335 g/mol. The summed E-state index contributed by atoms with van der Waals surface area (Å²) >= 11 is 1.34. The van der Waals surface area contributed by atoms with Gasteiger partial charge in [-0.1, -0.05) is 41.7 Å². The highest BCUT2D eigenvalue weighted by Crippen LogP contribution is 2.24. The summed E-state index contributed by atoms with van der Waals surface area (Å²) < 4.78 is 4.92. The molecule has 0 aliphatic rings. The first-order chi connectivity index (χ1) is 11.2. The molecule has 23 heavy (non-hydrogen) atoms. The molecule has 2 amide bonds. The van der Waals surface area contributed by atoms with Gasteiger partial charge in [-0.15, -0.1) is 10.2 Å². The molecule has 8 heteroatoms. The maximum atomic E-state index is 11.7. The summed E-state index contributed by atoms with van der Waals surface area (Å²) in [6, 6.07) is 9.83. The molecule has 0 aliphatic carbocycles. The van der Waals surface area contributed by atoms with Crippen LogP contribution in [0.25, 0.3) is 0 Å². The van der Waals surface area contributed by atoms with Gasteiger partial charge in [-0.05, 0) is 12.0 Å². The molecule has 0 atom stereocenters. The van der Waals surface area contributed by atoms with E-state index in [2.05, 4.69) is 33.0 Å². The van der Waals surface area contributed by atoms with Crippen molar-refractivity contribution in [1.29, 1.82) is 0 Å². The number of rotatable bonds is 8. The lowest BCUT2D eigenvalue weighted by Crippen LogP contribution is -2.29. The summed E-state index contributed by atoms with van der Waals surface area (Å²) in [4.78, 5) is 13.7. The second-order valence-electron chi connectivity index (χ2n) is 4.96. The highest BCUT2D eigenvalue weighted by atomic mass is 32.1. The predicted molar refractivity (Wildman–Crippen MR) is 92.0 cm³/mol. The van der Waals surface area contributed by atoms with E-state index in [0.717, 1.165) is 18.1 Å². The van der Waals surface area contributed by atoms with Crippen molar-refractivity contribution in [2.75, 3.05) is 37.5 Å². The predicted octanol–water partition coefficient (Wildman–Crippen LogP) is 2.33. The Hall–Kier alpha value is -2.19. The van der Waals surface area contributed by atoms with E-state index in [9.17, 15) is 4.79 Å². The molecule has 1 heterocycles. The van der Waals surface area contributed by atoms with Gasteiger partial charge in [0.2, 0.25) is 10.3 Å². The zero-order valence-electron chi connectivity index (χ0n) is 13.3. The molecule has 2 aromatic rings. The molecule has 0 fully saturated rings. The number of anilines is 2. The molecule has 0 aliphatic heterocycles. The van der Waals surface area contributed by atoms with E-state index in [1.807, 2.05) is 30.1 Å². The lowest BCUT2D eigenvalue weighted by molar-refractivity contribution is 0.194. The average molecular weight is 335 g/mol. The van der Waals surface area contributed by atoms with Gasteiger partial charge in [0.25, 0.3) is 0 Å². The maximum Gasteiger partial charge on any atom is 0.321 e. The number of methoxy groups -OCH3 is 1. The molecule has 0 radical (unpaired) electrons. The average Bonchev–Trinajstić information content (AvgIpc) is 3.01. The molecule has 1 aromatic heterocycles. The van der Waals surface area contributed by atoms with Crippen LogP contribution in [0.1, 0.15) is 12.0 Å². The highest BCUT2D eigenvalue weighted by Gasteiger charge is 2.11. The van der Waals surface area contributed by atoms with Gasteiger partial charge >= 0.3 is 6.03 Å². The van der Waals surface area contributed by atoms with Gasteiger partial charge in [-0.3, -0.25) is 5.32 Å². The zero-order valence-corrected chi connectivity index (χ0v) is 14.1. The number of ether oxygens (including phenoxy) is 1. The van der Waals surface area contributed by atoms with Gasteiger partial charge in [-0.2, -0.15) is 0 Å². The topological polar surface area (TPSA) is 79.4 Å². The van der Waals surface area contributed by atoms with Crippen molar-refractivity contribution in [3.63, 3.8) is 0 Å².